The van der Waals surface area contributed by atoms with Crippen molar-refractivity contribution in [2.75, 3.05) is 11.1 Å². The molecule has 8 heteroatoms. The van der Waals surface area contributed by atoms with E-state index in [9.17, 15) is 14.4 Å². The molecule has 0 fully saturated rings. The second-order valence-electron chi connectivity index (χ2n) is 6.93. The summed E-state index contributed by atoms with van der Waals surface area (Å²) in [5.41, 5.74) is 1.31. The van der Waals surface area contributed by atoms with E-state index in [1.54, 1.807) is 16.3 Å². The molecule has 0 bridgehead atoms. The van der Waals surface area contributed by atoms with Crippen LogP contribution < -0.4 is 16.4 Å². The van der Waals surface area contributed by atoms with Gasteiger partial charge in [0, 0.05) is 18.7 Å². The van der Waals surface area contributed by atoms with Crippen molar-refractivity contribution in [3.8, 4) is 0 Å². The zero-order chi connectivity index (χ0) is 19.3. The van der Waals surface area contributed by atoms with Crippen molar-refractivity contribution in [1.29, 1.82) is 0 Å². The van der Waals surface area contributed by atoms with Crippen LogP contribution in [0.25, 0.3) is 10.9 Å². The predicted octanol–water partition coefficient (Wildman–Crippen LogP) is 2.38. The number of aryl methyl sites for hydroxylation is 1. The average molecular weight is 384 g/mol. The van der Waals surface area contributed by atoms with Crippen LogP contribution in [0.3, 0.4) is 0 Å². The molecule has 1 aromatic carbocycles. The van der Waals surface area contributed by atoms with E-state index in [4.69, 9.17) is 0 Å². The van der Waals surface area contributed by atoms with Gasteiger partial charge in [-0.15, -0.1) is 11.8 Å². The molecule has 7 nitrogen and oxygen atoms in total. The molecule has 4 rings (SSSR count). The van der Waals surface area contributed by atoms with Gasteiger partial charge in [-0.2, -0.15) is 0 Å². The number of hydrogen-bond donors (Lipinski definition) is 2. The summed E-state index contributed by atoms with van der Waals surface area (Å²) in [6, 6.07) is 9.42. The van der Waals surface area contributed by atoms with Crippen molar-refractivity contribution in [2.24, 2.45) is 7.05 Å². The molecule has 3 heterocycles. The smallest absolute Gasteiger partial charge is 0.270 e. The number of nitrogens with one attached hydrogen (secondary N) is 2. The largest absolute Gasteiger partial charge is 0.311 e. The number of amides is 1. The molecule has 2 N–H and O–H groups in total. The van der Waals surface area contributed by atoms with E-state index in [2.05, 4.69) is 10.4 Å². The fourth-order valence-electron chi connectivity index (χ4n) is 3.51. The normalized spacial score (nSPS) is 17.0. The first-order valence-corrected chi connectivity index (χ1v) is 9.78. The van der Waals surface area contributed by atoms with Gasteiger partial charge in [0.1, 0.15) is 5.82 Å². The van der Waals surface area contributed by atoms with E-state index in [1.807, 2.05) is 44.2 Å². The van der Waals surface area contributed by atoms with Crippen LogP contribution in [0.1, 0.15) is 36.3 Å². The molecule has 140 valence electrons. The Morgan fingerprint density at radius 1 is 1.19 bits per heavy atom. The van der Waals surface area contributed by atoms with Crippen LogP contribution in [0.15, 0.2) is 39.9 Å². The highest BCUT2D eigenvalue weighted by Crippen LogP contribution is 2.39. The zero-order valence-electron chi connectivity index (χ0n) is 15.3. The van der Waals surface area contributed by atoms with Crippen molar-refractivity contribution in [1.82, 2.24) is 14.3 Å². The lowest BCUT2D eigenvalue weighted by Crippen LogP contribution is -2.24. The van der Waals surface area contributed by atoms with Crippen molar-refractivity contribution in [2.45, 2.75) is 25.1 Å². The number of benzene rings is 1. The summed E-state index contributed by atoms with van der Waals surface area (Å²) in [6.07, 6.45) is 0. The maximum atomic E-state index is 13.1. The number of carbonyl (C=O) groups excluding carboxylic acids is 1. The highest BCUT2D eigenvalue weighted by atomic mass is 32.2. The van der Waals surface area contributed by atoms with E-state index < -0.39 is 5.25 Å². The minimum Gasteiger partial charge on any atom is -0.311 e. The van der Waals surface area contributed by atoms with Crippen LogP contribution in [0, 0.1) is 0 Å². The molecule has 0 radical (unpaired) electrons. The summed E-state index contributed by atoms with van der Waals surface area (Å²) in [5, 5.41) is 6.02. The third kappa shape index (κ3) is 2.80. The summed E-state index contributed by atoms with van der Waals surface area (Å²) in [7, 11) is 1.73. The van der Waals surface area contributed by atoms with E-state index in [-0.39, 0.29) is 28.8 Å². The first-order valence-electron chi connectivity index (χ1n) is 8.73. The lowest BCUT2D eigenvalue weighted by molar-refractivity contribution is -0.113. The number of para-hydroxylation sites is 1. The number of nitrogens with zero attached hydrogens (tertiary/aromatic N) is 2. The molecule has 3 aromatic rings. The first kappa shape index (κ1) is 17.7. The molecule has 1 amide bonds. The number of thioether (sulfide) groups is 1. The standard InChI is InChI=1S/C19H20N4O3S/c1-10(2)23-17-15(18(25)21-23)16(27-9-14(24)20-17)12-8-11-6-4-5-7-13(11)22(3)19(12)26/h4-8,10,16H,9H2,1-3H3,(H,20,24)(H,21,25)/t16-/m0/s1. The van der Waals surface area contributed by atoms with Crippen LogP contribution in [0.5, 0.6) is 0 Å². The van der Waals surface area contributed by atoms with Gasteiger partial charge in [-0.1, -0.05) is 18.2 Å². The second-order valence-corrected chi connectivity index (χ2v) is 8.02. The molecule has 0 unspecified atom stereocenters. The average Bonchev–Trinajstić information content (AvgIpc) is 2.85. The number of rotatable bonds is 2. The molecule has 0 spiro atoms. The Kier molecular flexibility index (Phi) is 4.22. The lowest BCUT2D eigenvalue weighted by atomic mass is 10.0. The minimum absolute atomic E-state index is 0.0371. The second kappa shape index (κ2) is 6.45. The number of aromatic nitrogens is 3. The highest BCUT2D eigenvalue weighted by Gasteiger charge is 2.32. The van der Waals surface area contributed by atoms with Gasteiger partial charge in [0.15, 0.2) is 0 Å². The van der Waals surface area contributed by atoms with Gasteiger partial charge < -0.3 is 9.88 Å². The quantitative estimate of drug-likeness (QED) is 0.710. The Balaban J connectivity index is 2.00. The topological polar surface area (TPSA) is 88.9 Å². The highest BCUT2D eigenvalue weighted by molar-refractivity contribution is 8.00. The summed E-state index contributed by atoms with van der Waals surface area (Å²) < 4.78 is 3.25. The van der Waals surface area contributed by atoms with E-state index >= 15 is 0 Å². The number of H-pyrrole nitrogens is 1. The maximum absolute atomic E-state index is 13.1. The van der Waals surface area contributed by atoms with Crippen molar-refractivity contribution < 1.29 is 4.79 Å². The Morgan fingerprint density at radius 2 is 1.93 bits per heavy atom. The Bertz CT molecular complexity index is 1170. The van der Waals surface area contributed by atoms with Gasteiger partial charge in [-0.25, -0.2) is 0 Å². The SMILES string of the molecule is CC(C)n1[nH]c(=O)c2c1NC(=O)CS[C@H]2c1cc2ccccc2n(C)c1=O. The zero-order valence-corrected chi connectivity index (χ0v) is 16.1. The molecule has 2 aromatic heterocycles. The monoisotopic (exact) mass is 384 g/mol. The Morgan fingerprint density at radius 3 is 2.67 bits per heavy atom. The first-order chi connectivity index (χ1) is 12.9. The molecule has 1 aliphatic rings. The summed E-state index contributed by atoms with van der Waals surface area (Å²) in [4.78, 5) is 38.0. The number of aromatic amines is 1. The van der Waals surface area contributed by atoms with Gasteiger partial charge in [0.25, 0.3) is 11.1 Å². The molecule has 1 aliphatic heterocycles. The Labute approximate surface area is 159 Å². The van der Waals surface area contributed by atoms with Gasteiger partial charge in [0.05, 0.1) is 22.1 Å². The number of pyridine rings is 1. The molecule has 0 saturated heterocycles. The van der Waals surface area contributed by atoms with Crippen molar-refractivity contribution >= 4 is 34.4 Å². The van der Waals surface area contributed by atoms with Crippen LogP contribution in [-0.2, 0) is 11.8 Å². The molecular weight excluding hydrogens is 364 g/mol. The molecule has 0 aliphatic carbocycles. The summed E-state index contributed by atoms with van der Waals surface area (Å²) in [5.74, 6) is 0.437. The van der Waals surface area contributed by atoms with Gasteiger partial charge >= 0.3 is 0 Å². The fourth-order valence-corrected chi connectivity index (χ4v) is 4.64. The molecule has 27 heavy (non-hydrogen) atoms. The van der Waals surface area contributed by atoms with Crippen molar-refractivity contribution in [3.05, 3.63) is 62.2 Å². The van der Waals surface area contributed by atoms with Crippen molar-refractivity contribution in [3.63, 3.8) is 0 Å². The molecular formula is C19H20N4O3S. The number of carbonyl (C=O) groups is 1. The van der Waals surface area contributed by atoms with E-state index in [1.165, 1.54) is 11.8 Å². The van der Waals surface area contributed by atoms with Gasteiger partial charge in [-0.05, 0) is 31.4 Å². The van der Waals surface area contributed by atoms with E-state index in [0.717, 1.165) is 10.9 Å². The predicted molar refractivity (Wildman–Crippen MR) is 108 cm³/mol. The number of hydrogen-bond acceptors (Lipinski definition) is 4. The number of anilines is 1. The van der Waals surface area contributed by atoms with Crippen LogP contribution in [0.2, 0.25) is 0 Å². The minimum atomic E-state index is -0.522. The van der Waals surface area contributed by atoms with Crippen LogP contribution in [-0.4, -0.2) is 26.0 Å². The number of fused-ring (bicyclic) bond motifs is 2. The van der Waals surface area contributed by atoms with Crippen LogP contribution in [0.4, 0.5) is 5.82 Å². The third-order valence-electron chi connectivity index (χ3n) is 4.82. The fraction of sp³-hybridized carbons (Fsp3) is 0.316. The molecule has 1 atom stereocenters. The maximum Gasteiger partial charge on any atom is 0.270 e. The third-order valence-corrected chi connectivity index (χ3v) is 6.08. The van der Waals surface area contributed by atoms with Gasteiger partial charge in [-0.3, -0.25) is 24.2 Å². The summed E-state index contributed by atoms with van der Waals surface area (Å²) in [6.45, 7) is 3.84. The lowest BCUT2D eigenvalue weighted by Gasteiger charge is -2.16. The Hall–Kier alpha value is -2.74. The van der Waals surface area contributed by atoms with Crippen LogP contribution >= 0.6 is 11.8 Å². The summed E-state index contributed by atoms with van der Waals surface area (Å²) >= 11 is 1.30. The van der Waals surface area contributed by atoms with Gasteiger partial charge in [0.2, 0.25) is 5.91 Å². The molecule has 0 saturated carbocycles. The van der Waals surface area contributed by atoms with E-state index in [0.29, 0.717) is 16.9 Å².